The minimum absolute atomic E-state index is 0.0710. The lowest BCUT2D eigenvalue weighted by Crippen LogP contribution is -2.39. The zero-order valence-corrected chi connectivity index (χ0v) is 22.9. The molecule has 2 atom stereocenters. The Morgan fingerprint density at radius 2 is 1.79 bits per heavy atom. The van der Waals surface area contributed by atoms with E-state index in [1.807, 2.05) is 24.3 Å². The Bertz CT molecular complexity index is 1470. The topological polar surface area (TPSA) is 108 Å². The lowest BCUT2D eigenvalue weighted by molar-refractivity contribution is -0.149. The summed E-state index contributed by atoms with van der Waals surface area (Å²) >= 11 is 0. The van der Waals surface area contributed by atoms with Crippen LogP contribution in [0.25, 0.3) is 22.5 Å². The molecule has 2 aromatic heterocycles. The molecule has 0 amide bonds. The van der Waals surface area contributed by atoms with E-state index in [1.54, 1.807) is 11.6 Å². The lowest BCUT2D eigenvalue weighted by Gasteiger charge is -2.31. The van der Waals surface area contributed by atoms with Crippen molar-refractivity contribution in [3.63, 3.8) is 0 Å². The fraction of sp³-hybridized carbons (Fsp3) is 0.433. The molecule has 0 aliphatic carbocycles. The molecule has 1 aliphatic rings. The third-order valence-corrected chi connectivity index (χ3v) is 7.64. The molecule has 0 bridgehead atoms. The molecule has 5 rings (SSSR count). The van der Waals surface area contributed by atoms with Crippen molar-refractivity contribution in [3.05, 3.63) is 75.7 Å². The number of H-pyrrole nitrogens is 1. The molecule has 1 aliphatic heterocycles. The van der Waals surface area contributed by atoms with Crippen molar-refractivity contribution in [2.45, 2.75) is 77.8 Å². The van der Waals surface area contributed by atoms with Crippen molar-refractivity contribution in [1.29, 1.82) is 0 Å². The van der Waals surface area contributed by atoms with E-state index in [4.69, 9.17) is 4.74 Å². The van der Waals surface area contributed by atoms with Crippen LogP contribution in [0.5, 0.6) is 0 Å². The van der Waals surface area contributed by atoms with Gasteiger partial charge in [0.2, 0.25) is 0 Å². The number of hydrogen-bond donors (Lipinski definition) is 1. The number of carbonyl (C=O) groups excluding carboxylic acids is 1. The number of fused-ring (bicyclic) bond motifs is 1. The van der Waals surface area contributed by atoms with Crippen LogP contribution in [0.3, 0.4) is 0 Å². The molecule has 204 valence electrons. The Kier molecular flexibility index (Phi) is 8.05. The first-order valence-corrected chi connectivity index (χ1v) is 14.0. The molecule has 39 heavy (non-hydrogen) atoms. The van der Waals surface area contributed by atoms with Gasteiger partial charge in [-0.1, -0.05) is 68.3 Å². The number of tetrazole rings is 1. The first-order chi connectivity index (χ1) is 19.0. The summed E-state index contributed by atoms with van der Waals surface area (Å²) in [5.74, 6) is 0.297. The number of hydrogen-bond acceptors (Lipinski definition) is 6. The Labute approximate surface area is 228 Å². The monoisotopic (exact) mass is 528 g/mol. The van der Waals surface area contributed by atoms with Gasteiger partial charge in [-0.15, -0.1) is 5.10 Å². The number of esters is 1. The van der Waals surface area contributed by atoms with Gasteiger partial charge < -0.3 is 4.74 Å². The van der Waals surface area contributed by atoms with Gasteiger partial charge in [-0.3, -0.25) is 9.48 Å². The first kappa shape index (κ1) is 26.6. The Hall–Kier alpha value is -4.01. The second-order valence-corrected chi connectivity index (χ2v) is 10.2. The molecule has 9 nitrogen and oxygen atoms in total. The van der Waals surface area contributed by atoms with E-state index in [0.717, 1.165) is 65.6 Å². The average molecular weight is 529 g/mol. The van der Waals surface area contributed by atoms with E-state index in [9.17, 15) is 9.59 Å². The van der Waals surface area contributed by atoms with Gasteiger partial charge in [-0.2, -0.15) is 0 Å². The van der Waals surface area contributed by atoms with Gasteiger partial charge in [0.1, 0.15) is 0 Å². The van der Waals surface area contributed by atoms with E-state index in [-0.39, 0.29) is 17.6 Å². The molecule has 0 radical (unpaired) electrons. The smallest absolute Gasteiger partial charge is 0.330 e. The Morgan fingerprint density at radius 1 is 1.03 bits per heavy atom. The molecule has 0 fully saturated rings. The van der Waals surface area contributed by atoms with E-state index in [0.29, 0.717) is 25.3 Å². The third-order valence-electron chi connectivity index (χ3n) is 7.64. The van der Waals surface area contributed by atoms with Crippen molar-refractivity contribution in [1.82, 2.24) is 30.0 Å². The molecule has 2 unspecified atom stereocenters. The molecule has 9 heteroatoms. The van der Waals surface area contributed by atoms with Gasteiger partial charge in [0.25, 0.3) is 5.56 Å². The first-order valence-electron chi connectivity index (χ1n) is 14.0. The van der Waals surface area contributed by atoms with E-state index >= 15 is 0 Å². The fourth-order valence-electron chi connectivity index (χ4n) is 5.70. The summed E-state index contributed by atoms with van der Waals surface area (Å²) in [4.78, 5) is 26.7. The second-order valence-electron chi connectivity index (χ2n) is 10.2. The van der Waals surface area contributed by atoms with Gasteiger partial charge >= 0.3 is 5.97 Å². The Balaban J connectivity index is 1.50. The number of aromatic amines is 1. The molecule has 1 N–H and O–H groups in total. The number of aromatic nitrogens is 6. The zero-order chi connectivity index (χ0) is 27.4. The maximum atomic E-state index is 13.9. The molecule has 0 spiro atoms. The number of unbranched alkanes of at least 4 members (excludes halogenated alkanes) is 2. The summed E-state index contributed by atoms with van der Waals surface area (Å²) in [7, 11) is 0. The summed E-state index contributed by atoms with van der Waals surface area (Å²) in [5.41, 5.74) is 5.81. The summed E-state index contributed by atoms with van der Waals surface area (Å²) < 4.78 is 9.16. The number of carbonyl (C=O) groups is 1. The number of rotatable bonds is 10. The average Bonchev–Trinajstić information content (AvgIpc) is 3.58. The van der Waals surface area contributed by atoms with Crippen molar-refractivity contribution in [2.75, 3.05) is 6.61 Å². The van der Waals surface area contributed by atoms with Gasteiger partial charge in [0.05, 0.1) is 6.61 Å². The zero-order valence-electron chi connectivity index (χ0n) is 22.9. The van der Waals surface area contributed by atoms with Crippen LogP contribution in [0, 0.1) is 0 Å². The molecule has 4 aromatic rings. The number of ether oxygens (including phenoxy) is 1. The van der Waals surface area contributed by atoms with Gasteiger partial charge in [-0.25, -0.2) is 14.6 Å². The molecule has 2 aromatic carbocycles. The fourth-order valence-corrected chi connectivity index (χ4v) is 5.70. The largest absolute Gasteiger partial charge is 0.464 e. The van der Waals surface area contributed by atoms with Crippen LogP contribution in [0.4, 0.5) is 0 Å². The van der Waals surface area contributed by atoms with Crippen LogP contribution < -0.4 is 5.56 Å². The standard InChI is InChI=1S/C30H36N6O3/c1-4-6-7-12-26-25(29(37)36-27(30(38)39-5-2)18-13-20(3)35(26)36)19-21-14-16-22(17-15-21)23-10-8-9-11-24(23)28-31-33-34-32-28/h8-11,14-17,20,27H,4-7,12-13,18-19H2,1-3H3,(H,31,32,33,34). The van der Waals surface area contributed by atoms with Crippen LogP contribution in [-0.4, -0.2) is 42.6 Å². The van der Waals surface area contributed by atoms with Gasteiger partial charge in [-0.05, 0) is 66.6 Å². The molecular formula is C30H36N6O3. The lowest BCUT2D eigenvalue weighted by atomic mass is 9.96. The quantitative estimate of drug-likeness (QED) is 0.222. The summed E-state index contributed by atoms with van der Waals surface area (Å²) in [6.45, 7) is 6.43. The van der Waals surface area contributed by atoms with Gasteiger partial charge in [0, 0.05) is 29.3 Å². The van der Waals surface area contributed by atoms with Crippen LogP contribution in [-0.2, 0) is 22.4 Å². The highest BCUT2D eigenvalue weighted by Gasteiger charge is 2.35. The highest BCUT2D eigenvalue weighted by Crippen LogP contribution is 2.33. The van der Waals surface area contributed by atoms with Gasteiger partial charge in [0.15, 0.2) is 11.9 Å². The van der Waals surface area contributed by atoms with Crippen molar-refractivity contribution in [3.8, 4) is 22.5 Å². The second kappa shape index (κ2) is 11.8. The SMILES string of the molecule is CCCCCc1c(Cc2ccc(-c3ccccc3-c3nnn[nH]3)cc2)c(=O)n2n1C(C)CCC2C(=O)OCC. The Morgan fingerprint density at radius 3 is 2.49 bits per heavy atom. The van der Waals surface area contributed by atoms with Crippen molar-refractivity contribution >= 4 is 5.97 Å². The molecule has 0 saturated heterocycles. The third kappa shape index (κ3) is 5.30. The van der Waals surface area contributed by atoms with E-state index in [2.05, 4.69) is 63.4 Å². The highest BCUT2D eigenvalue weighted by atomic mass is 16.5. The summed E-state index contributed by atoms with van der Waals surface area (Å²) in [5, 5.41) is 14.3. The summed E-state index contributed by atoms with van der Waals surface area (Å²) in [6, 6.07) is 15.9. The predicted molar refractivity (Wildman–Crippen MR) is 149 cm³/mol. The van der Waals surface area contributed by atoms with E-state index in [1.165, 1.54) is 0 Å². The number of nitrogens with one attached hydrogen (secondary N) is 1. The molecule has 0 saturated carbocycles. The van der Waals surface area contributed by atoms with Crippen molar-refractivity contribution < 1.29 is 9.53 Å². The maximum Gasteiger partial charge on any atom is 0.330 e. The predicted octanol–water partition coefficient (Wildman–Crippen LogP) is 5.28. The maximum absolute atomic E-state index is 13.9. The van der Waals surface area contributed by atoms with Crippen LogP contribution in [0.2, 0.25) is 0 Å². The molecule has 3 heterocycles. The normalized spacial score (nSPS) is 16.7. The number of nitrogens with zero attached hydrogens (tertiary/aromatic N) is 5. The number of benzene rings is 2. The van der Waals surface area contributed by atoms with Crippen LogP contribution >= 0.6 is 0 Å². The van der Waals surface area contributed by atoms with Crippen LogP contribution in [0.15, 0.2) is 53.3 Å². The van der Waals surface area contributed by atoms with E-state index < -0.39 is 6.04 Å². The minimum Gasteiger partial charge on any atom is -0.464 e. The van der Waals surface area contributed by atoms with Crippen molar-refractivity contribution in [2.24, 2.45) is 0 Å². The highest BCUT2D eigenvalue weighted by molar-refractivity contribution is 5.80. The molecular weight excluding hydrogens is 492 g/mol. The summed E-state index contributed by atoms with van der Waals surface area (Å²) in [6.07, 6.45) is 6.01. The minimum atomic E-state index is -0.572. The van der Waals surface area contributed by atoms with Crippen LogP contribution in [0.1, 0.15) is 81.8 Å².